The Morgan fingerprint density at radius 3 is 2.44 bits per heavy atom. The van der Waals surface area contributed by atoms with Gasteiger partial charge in [0, 0.05) is 0 Å². The van der Waals surface area contributed by atoms with Crippen LogP contribution in [0.15, 0.2) is 24.3 Å². The SMILES string of the molecule is CC(O)CCc1ccc(OC(C)C#N)cc1. The van der Waals surface area contributed by atoms with Crippen LogP contribution in [-0.2, 0) is 6.42 Å². The molecule has 0 bridgehead atoms. The molecule has 0 radical (unpaired) electrons. The molecule has 16 heavy (non-hydrogen) atoms. The lowest BCUT2D eigenvalue weighted by Gasteiger charge is -2.08. The van der Waals surface area contributed by atoms with Gasteiger partial charge in [-0.25, -0.2) is 0 Å². The van der Waals surface area contributed by atoms with Gasteiger partial charge in [-0.05, 0) is 44.4 Å². The fourth-order valence-electron chi connectivity index (χ4n) is 1.34. The Labute approximate surface area is 96.3 Å². The zero-order valence-electron chi connectivity index (χ0n) is 9.68. The van der Waals surface area contributed by atoms with Gasteiger partial charge in [-0.2, -0.15) is 5.26 Å². The summed E-state index contributed by atoms with van der Waals surface area (Å²) in [7, 11) is 0. The molecule has 0 aromatic heterocycles. The summed E-state index contributed by atoms with van der Waals surface area (Å²) in [6, 6.07) is 9.64. The molecule has 3 heteroatoms. The first-order valence-corrected chi connectivity index (χ1v) is 5.45. The van der Waals surface area contributed by atoms with Gasteiger partial charge < -0.3 is 9.84 Å². The Morgan fingerprint density at radius 1 is 1.31 bits per heavy atom. The minimum atomic E-state index is -0.427. The van der Waals surface area contributed by atoms with Gasteiger partial charge in [-0.15, -0.1) is 0 Å². The Kier molecular flexibility index (Phi) is 4.81. The van der Waals surface area contributed by atoms with Crippen LogP contribution in [0.25, 0.3) is 0 Å². The molecular weight excluding hydrogens is 202 g/mol. The van der Waals surface area contributed by atoms with E-state index in [1.807, 2.05) is 30.3 Å². The zero-order valence-corrected chi connectivity index (χ0v) is 9.68. The molecule has 2 unspecified atom stereocenters. The number of nitriles is 1. The normalized spacial score (nSPS) is 13.9. The van der Waals surface area contributed by atoms with Crippen LogP contribution in [0, 0.1) is 11.3 Å². The van der Waals surface area contributed by atoms with Gasteiger partial charge in [0.25, 0.3) is 0 Å². The summed E-state index contributed by atoms with van der Waals surface area (Å²) < 4.78 is 5.33. The predicted molar refractivity (Wildman–Crippen MR) is 62.1 cm³/mol. The van der Waals surface area contributed by atoms with E-state index in [0.717, 1.165) is 18.4 Å². The van der Waals surface area contributed by atoms with Crippen molar-refractivity contribution in [3.63, 3.8) is 0 Å². The van der Waals surface area contributed by atoms with E-state index >= 15 is 0 Å². The summed E-state index contributed by atoms with van der Waals surface area (Å²) in [6.45, 7) is 3.49. The summed E-state index contributed by atoms with van der Waals surface area (Å²) >= 11 is 0. The van der Waals surface area contributed by atoms with Crippen LogP contribution in [0.3, 0.4) is 0 Å². The maximum atomic E-state index is 9.16. The largest absolute Gasteiger partial charge is 0.476 e. The van der Waals surface area contributed by atoms with E-state index in [4.69, 9.17) is 15.1 Å². The van der Waals surface area contributed by atoms with Gasteiger partial charge in [0.05, 0.1) is 6.10 Å². The molecule has 0 aliphatic carbocycles. The fourth-order valence-corrected chi connectivity index (χ4v) is 1.34. The number of aliphatic hydroxyl groups is 1. The number of aliphatic hydroxyl groups excluding tert-OH is 1. The van der Waals surface area contributed by atoms with Crippen LogP contribution in [-0.4, -0.2) is 17.3 Å². The number of rotatable bonds is 5. The minimum Gasteiger partial charge on any atom is -0.476 e. The fraction of sp³-hybridized carbons (Fsp3) is 0.462. The molecule has 0 heterocycles. The number of benzene rings is 1. The number of ether oxygens (including phenoxy) is 1. The molecule has 1 rings (SSSR count). The number of nitrogens with zero attached hydrogens (tertiary/aromatic N) is 1. The molecule has 1 aromatic carbocycles. The van der Waals surface area contributed by atoms with Gasteiger partial charge in [0.1, 0.15) is 11.8 Å². The highest BCUT2D eigenvalue weighted by atomic mass is 16.5. The highest BCUT2D eigenvalue weighted by Gasteiger charge is 2.02. The van der Waals surface area contributed by atoms with Crippen molar-refractivity contribution in [3.05, 3.63) is 29.8 Å². The Bertz CT molecular complexity index is 351. The molecule has 1 N–H and O–H groups in total. The first-order chi connectivity index (χ1) is 7.61. The molecular formula is C13H17NO2. The molecule has 0 fully saturated rings. The number of aryl methyl sites for hydroxylation is 1. The predicted octanol–water partition coefficient (Wildman–Crippen LogP) is 2.29. The third-order valence-corrected chi connectivity index (χ3v) is 2.27. The second kappa shape index (κ2) is 6.14. The third kappa shape index (κ3) is 4.33. The average Bonchev–Trinajstić information content (AvgIpc) is 2.28. The lowest BCUT2D eigenvalue weighted by Crippen LogP contribution is -2.08. The standard InChI is InChI=1S/C13H17NO2/c1-10(15)3-4-12-5-7-13(8-6-12)16-11(2)9-14/h5-8,10-11,15H,3-4H2,1-2H3. The van der Waals surface area contributed by atoms with E-state index in [-0.39, 0.29) is 6.10 Å². The van der Waals surface area contributed by atoms with E-state index in [2.05, 4.69) is 0 Å². The summed E-state index contributed by atoms with van der Waals surface area (Å²) in [5.41, 5.74) is 1.16. The molecule has 2 atom stereocenters. The van der Waals surface area contributed by atoms with Crippen LogP contribution >= 0.6 is 0 Å². The number of hydrogen-bond acceptors (Lipinski definition) is 3. The van der Waals surface area contributed by atoms with Crippen LogP contribution in [0.1, 0.15) is 25.8 Å². The van der Waals surface area contributed by atoms with Gasteiger partial charge in [-0.3, -0.25) is 0 Å². The monoisotopic (exact) mass is 219 g/mol. The van der Waals surface area contributed by atoms with Crippen molar-refractivity contribution in [2.24, 2.45) is 0 Å². The Hall–Kier alpha value is -1.53. The van der Waals surface area contributed by atoms with Gasteiger partial charge >= 0.3 is 0 Å². The van der Waals surface area contributed by atoms with Crippen LogP contribution in [0.4, 0.5) is 0 Å². The maximum absolute atomic E-state index is 9.16. The van der Waals surface area contributed by atoms with Crippen LogP contribution < -0.4 is 4.74 Å². The molecule has 0 spiro atoms. The molecule has 3 nitrogen and oxygen atoms in total. The molecule has 0 aliphatic rings. The average molecular weight is 219 g/mol. The van der Waals surface area contributed by atoms with E-state index in [1.165, 1.54) is 0 Å². The van der Waals surface area contributed by atoms with E-state index in [9.17, 15) is 0 Å². The first-order valence-electron chi connectivity index (χ1n) is 5.45. The van der Waals surface area contributed by atoms with E-state index in [1.54, 1.807) is 13.8 Å². The molecule has 86 valence electrons. The topological polar surface area (TPSA) is 53.2 Å². The van der Waals surface area contributed by atoms with E-state index in [0.29, 0.717) is 5.75 Å². The quantitative estimate of drug-likeness (QED) is 0.826. The maximum Gasteiger partial charge on any atom is 0.181 e. The van der Waals surface area contributed by atoms with Crippen molar-refractivity contribution in [1.82, 2.24) is 0 Å². The van der Waals surface area contributed by atoms with Crippen molar-refractivity contribution in [2.75, 3.05) is 0 Å². The first kappa shape index (κ1) is 12.5. The van der Waals surface area contributed by atoms with Crippen molar-refractivity contribution < 1.29 is 9.84 Å². The summed E-state index contributed by atoms with van der Waals surface area (Å²) in [5, 5.41) is 17.8. The molecule has 0 saturated carbocycles. The van der Waals surface area contributed by atoms with Crippen molar-refractivity contribution in [1.29, 1.82) is 5.26 Å². The summed E-state index contributed by atoms with van der Waals surface area (Å²) in [5.74, 6) is 0.704. The second-order valence-electron chi connectivity index (χ2n) is 3.92. The zero-order chi connectivity index (χ0) is 12.0. The van der Waals surface area contributed by atoms with Gasteiger partial charge in [-0.1, -0.05) is 12.1 Å². The Balaban J connectivity index is 2.51. The van der Waals surface area contributed by atoms with Crippen molar-refractivity contribution >= 4 is 0 Å². The molecule has 0 amide bonds. The Morgan fingerprint density at radius 2 is 1.94 bits per heavy atom. The van der Waals surface area contributed by atoms with Gasteiger partial charge in [0.15, 0.2) is 6.10 Å². The lowest BCUT2D eigenvalue weighted by molar-refractivity contribution is 0.185. The lowest BCUT2D eigenvalue weighted by atomic mass is 10.1. The van der Waals surface area contributed by atoms with Crippen LogP contribution in [0.5, 0.6) is 5.75 Å². The minimum absolute atomic E-state index is 0.269. The third-order valence-electron chi connectivity index (χ3n) is 2.27. The van der Waals surface area contributed by atoms with Crippen molar-refractivity contribution in [2.45, 2.75) is 38.9 Å². The van der Waals surface area contributed by atoms with Crippen LogP contribution in [0.2, 0.25) is 0 Å². The number of hydrogen-bond donors (Lipinski definition) is 1. The highest BCUT2D eigenvalue weighted by molar-refractivity contribution is 5.27. The molecule has 1 aromatic rings. The van der Waals surface area contributed by atoms with E-state index < -0.39 is 6.10 Å². The summed E-state index contributed by atoms with van der Waals surface area (Å²) in [4.78, 5) is 0. The molecule has 0 aliphatic heterocycles. The van der Waals surface area contributed by atoms with Gasteiger partial charge in [0.2, 0.25) is 0 Å². The molecule has 0 saturated heterocycles. The smallest absolute Gasteiger partial charge is 0.181 e. The highest BCUT2D eigenvalue weighted by Crippen LogP contribution is 2.15. The second-order valence-corrected chi connectivity index (χ2v) is 3.92. The van der Waals surface area contributed by atoms with Crippen molar-refractivity contribution in [3.8, 4) is 11.8 Å². The summed E-state index contributed by atoms with van der Waals surface area (Å²) in [6.07, 6.45) is 0.915.